The summed E-state index contributed by atoms with van der Waals surface area (Å²) in [6, 6.07) is -0.233. The van der Waals surface area contributed by atoms with Gasteiger partial charge in [-0.05, 0) is 6.92 Å². The first-order chi connectivity index (χ1) is 8.52. The highest BCUT2D eigenvalue weighted by atomic mass is 16.5. The first kappa shape index (κ1) is 13.8. The Morgan fingerprint density at radius 1 is 1.72 bits per heavy atom. The van der Waals surface area contributed by atoms with Crippen molar-refractivity contribution in [2.45, 2.75) is 19.5 Å². The minimum Gasteiger partial charge on any atom is -0.478 e. The van der Waals surface area contributed by atoms with Crippen LogP contribution in [0.1, 0.15) is 17.3 Å². The molecular weight excluding hydrogens is 238 g/mol. The zero-order chi connectivity index (χ0) is 13.5. The molecule has 1 heterocycles. The van der Waals surface area contributed by atoms with Crippen LogP contribution in [0.4, 0.5) is 4.79 Å². The summed E-state index contributed by atoms with van der Waals surface area (Å²) in [6.45, 7) is 5.69. The summed E-state index contributed by atoms with van der Waals surface area (Å²) in [5.74, 6) is -1.03. The lowest BCUT2D eigenvalue weighted by Crippen LogP contribution is -2.36. The third-order valence-corrected chi connectivity index (χ3v) is 2.04. The Labute approximate surface area is 104 Å². The van der Waals surface area contributed by atoms with E-state index in [1.165, 1.54) is 23.2 Å². The smallest absolute Gasteiger partial charge is 0.407 e. The number of ether oxygens (including phenoxy) is 1. The molecule has 1 aromatic rings. The van der Waals surface area contributed by atoms with Gasteiger partial charge in [0.25, 0.3) is 0 Å². The Hall–Kier alpha value is -2.31. The highest BCUT2D eigenvalue weighted by Crippen LogP contribution is 1.99. The molecule has 0 spiro atoms. The molecule has 1 atom stereocenters. The van der Waals surface area contributed by atoms with Crippen molar-refractivity contribution in [3.63, 3.8) is 0 Å². The molecule has 0 fully saturated rings. The topological polar surface area (TPSA) is 93.5 Å². The minimum absolute atomic E-state index is 0.108. The van der Waals surface area contributed by atoms with Crippen molar-refractivity contribution in [3.8, 4) is 0 Å². The summed E-state index contributed by atoms with van der Waals surface area (Å²) in [4.78, 5) is 21.9. The highest BCUT2D eigenvalue weighted by Gasteiger charge is 2.11. The van der Waals surface area contributed by atoms with Crippen molar-refractivity contribution in [2.75, 3.05) is 6.61 Å². The molecule has 1 rings (SSSR count). The predicted octanol–water partition coefficient (Wildman–Crippen LogP) is 0.882. The molecule has 0 saturated heterocycles. The molecule has 1 aromatic heterocycles. The van der Waals surface area contributed by atoms with Crippen LogP contribution in [0.25, 0.3) is 0 Å². The lowest BCUT2D eigenvalue weighted by Gasteiger charge is -2.13. The second-order valence-corrected chi connectivity index (χ2v) is 3.69. The average molecular weight is 253 g/mol. The van der Waals surface area contributed by atoms with E-state index >= 15 is 0 Å². The molecule has 0 bridgehead atoms. The van der Waals surface area contributed by atoms with Crippen LogP contribution in [0, 0.1) is 0 Å². The molecule has 0 saturated carbocycles. The van der Waals surface area contributed by atoms with Crippen LogP contribution in [0.5, 0.6) is 0 Å². The van der Waals surface area contributed by atoms with Crippen molar-refractivity contribution in [2.24, 2.45) is 0 Å². The molecule has 0 radical (unpaired) electrons. The van der Waals surface area contributed by atoms with Crippen LogP contribution in [-0.2, 0) is 11.3 Å². The summed E-state index contributed by atoms with van der Waals surface area (Å²) in [7, 11) is 0. The number of nitrogens with zero attached hydrogens (tertiary/aromatic N) is 2. The van der Waals surface area contributed by atoms with Gasteiger partial charge in [0, 0.05) is 12.2 Å². The summed E-state index contributed by atoms with van der Waals surface area (Å²) >= 11 is 0. The van der Waals surface area contributed by atoms with Gasteiger partial charge >= 0.3 is 12.1 Å². The molecule has 2 N–H and O–H groups in total. The van der Waals surface area contributed by atoms with Crippen LogP contribution in [0.2, 0.25) is 0 Å². The number of carbonyl (C=O) groups excluding carboxylic acids is 1. The van der Waals surface area contributed by atoms with Crippen LogP contribution < -0.4 is 5.32 Å². The van der Waals surface area contributed by atoms with Crippen molar-refractivity contribution in [1.82, 2.24) is 15.1 Å². The van der Waals surface area contributed by atoms with E-state index in [0.29, 0.717) is 6.54 Å². The van der Waals surface area contributed by atoms with Gasteiger partial charge in [-0.2, -0.15) is 5.10 Å². The molecule has 1 amide bonds. The number of nitrogens with one attached hydrogen (secondary N) is 1. The monoisotopic (exact) mass is 253 g/mol. The van der Waals surface area contributed by atoms with Crippen LogP contribution in [-0.4, -0.2) is 39.6 Å². The van der Waals surface area contributed by atoms with E-state index in [0.717, 1.165) is 0 Å². The fourth-order valence-corrected chi connectivity index (χ4v) is 1.28. The third kappa shape index (κ3) is 4.28. The van der Waals surface area contributed by atoms with Crippen molar-refractivity contribution < 1.29 is 19.4 Å². The van der Waals surface area contributed by atoms with Gasteiger partial charge < -0.3 is 15.2 Å². The first-order valence-electron chi connectivity index (χ1n) is 5.33. The molecule has 18 heavy (non-hydrogen) atoms. The number of aromatic carboxylic acids is 1. The van der Waals surface area contributed by atoms with Gasteiger partial charge in [-0.3, -0.25) is 4.68 Å². The molecule has 7 heteroatoms. The van der Waals surface area contributed by atoms with E-state index in [1.54, 1.807) is 6.92 Å². The Kier molecular flexibility index (Phi) is 4.91. The largest absolute Gasteiger partial charge is 0.478 e. The van der Waals surface area contributed by atoms with Crippen LogP contribution >= 0.6 is 0 Å². The lowest BCUT2D eigenvalue weighted by molar-refractivity contribution is 0.0696. The van der Waals surface area contributed by atoms with Gasteiger partial charge in [-0.15, -0.1) is 0 Å². The maximum absolute atomic E-state index is 11.2. The Balaban J connectivity index is 2.43. The van der Waals surface area contributed by atoms with Crippen molar-refractivity contribution in [1.29, 1.82) is 0 Å². The molecule has 0 aromatic carbocycles. The van der Waals surface area contributed by atoms with E-state index < -0.39 is 12.1 Å². The van der Waals surface area contributed by atoms with E-state index in [-0.39, 0.29) is 18.2 Å². The number of hydrogen-bond donors (Lipinski definition) is 2. The number of aromatic nitrogens is 2. The maximum Gasteiger partial charge on any atom is 0.407 e. The van der Waals surface area contributed by atoms with Crippen LogP contribution in [0.3, 0.4) is 0 Å². The molecule has 0 aliphatic rings. The number of alkyl carbamates (subject to hydrolysis) is 1. The summed E-state index contributed by atoms with van der Waals surface area (Å²) < 4.78 is 6.20. The molecular formula is C11H15N3O4. The van der Waals surface area contributed by atoms with E-state index in [1.807, 2.05) is 0 Å². The normalized spacial score (nSPS) is 11.6. The van der Waals surface area contributed by atoms with E-state index in [2.05, 4.69) is 17.0 Å². The number of carbonyl (C=O) groups is 2. The maximum atomic E-state index is 11.2. The zero-order valence-corrected chi connectivity index (χ0v) is 10.00. The molecule has 98 valence electrons. The first-order valence-corrected chi connectivity index (χ1v) is 5.33. The number of rotatable bonds is 6. The SMILES string of the molecule is C=CCOC(=O)NC(C)Cn1cc(C(=O)O)cn1. The fraction of sp³-hybridized carbons (Fsp3) is 0.364. The molecule has 1 unspecified atom stereocenters. The minimum atomic E-state index is -1.03. The van der Waals surface area contributed by atoms with Gasteiger partial charge in [-0.25, -0.2) is 9.59 Å². The highest BCUT2D eigenvalue weighted by molar-refractivity contribution is 5.86. The fourth-order valence-electron chi connectivity index (χ4n) is 1.28. The predicted molar refractivity (Wildman–Crippen MR) is 63.3 cm³/mol. The van der Waals surface area contributed by atoms with E-state index in [4.69, 9.17) is 9.84 Å². The molecule has 0 aliphatic carbocycles. The van der Waals surface area contributed by atoms with Gasteiger partial charge in [0.15, 0.2) is 0 Å². The molecule has 0 aliphatic heterocycles. The summed E-state index contributed by atoms with van der Waals surface area (Å²) in [6.07, 6.45) is 3.57. The van der Waals surface area contributed by atoms with Gasteiger partial charge in [-0.1, -0.05) is 12.7 Å². The second kappa shape index (κ2) is 6.43. The standard InChI is InChI=1S/C11H15N3O4/c1-3-4-18-11(17)13-8(2)6-14-7-9(5-12-14)10(15)16/h3,5,7-8H,1,4,6H2,2H3,(H,13,17)(H,15,16). The quantitative estimate of drug-likeness (QED) is 0.734. The Morgan fingerprint density at radius 2 is 2.44 bits per heavy atom. The summed E-state index contributed by atoms with van der Waals surface area (Å²) in [5, 5.41) is 15.2. The van der Waals surface area contributed by atoms with Gasteiger partial charge in [0.2, 0.25) is 0 Å². The van der Waals surface area contributed by atoms with Crippen molar-refractivity contribution in [3.05, 3.63) is 30.6 Å². The number of amides is 1. The van der Waals surface area contributed by atoms with Crippen LogP contribution in [0.15, 0.2) is 25.0 Å². The summed E-state index contributed by atoms with van der Waals surface area (Å²) in [5.41, 5.74) is 0.108. The zero-order valence-electron chi connectivity index (χ0n) is 10.00. The molecule has 7 nitrogen and oxygen atoms in total. The number of carboxylic acid groups (broad SMARTS) is 1. The average Bonchev–Trinajstić information content (AvgIpc) is 2.74. The number of hydrogen-bond acceptors (Lipinski definition) is 4. The Morgan fingerprint density at radius 3 is 3.00 bits per heavy atom. The third-order valence-electron chi connectivity index (χ3n) is 2.04. The Bertz CT molecular complexity index is 441. The van der Waals surface area contributed by atoms with E-state index in [9.17, 15) is 9.59 Å². The number of carboxylic acids is 1. The van der Waals surface area contributed by atoms with Gasteiger partial charge in [0.1, 0.15) is 6.61 Å². The lowest BCUT2D eigenvalue weighted by atomic mass is 10.3. The van der Waals surface area contributed by atoms with Crippen molar-refractivity contribution >= 4 is 12.1 Å². The van der Waals surface area contributed by atoms with Gasteiger partial charge in [0.05, 0.1) is 18.3 Å². The second-order valence-electron chi connectivity index (χ2n) is 3.69.